The maximum atomic E-state index is 12.3. The summed E-state index contributed by atoms with van der Waals surface area (Å²) in [5.41, 5.74) is 3.41. The molecule has 0 atom stereocenters. The van der Waals surface area contributed by atoms with Gasteiger partial charge in [-0.2, -0.15) is 4.98 Å². The Bertz CT molecular complexity index is 1120. The maximum absolute atomic E-state index is 12.3. The zero-order valence-corrected chi connectivity index (χ0v) is 18.1. The zero-order valence-electron chi connectivity index (χ0n) is 18.1. The van der Waals surface area contributed by atoms with E-state index in [0.29, 0.717) is 36.9 Å². The number of hydrogen-bond donors (Lipinski definition) is 0. The Balaban J connectivity index is 0.00000289. The van der Waals surface area contributed by atoms with Crippen molar-refractivity contribution in [1.29, 1.82) is 0 Å². The lowest BCUT2D eigenvalue weighted by atomic mass is 10.1. The van der Waals surface area contributed by atoms with Crippen LogP contribution in [0.25, 0.3) is 28.5 Å². The highest BCUT2D eigenvalue weighted by atomic mass is 16.6. The summed E-state index contributed by atoms with van der Waals surface area (Å²) < 4.78 is 10.9. The third kappa shape index (κ3) is 4.79. The summed E-state index contributed by atoms with van der Waals surface area (Å²) in [6, 6.07) is 9.59. The van der Waals surface area contributed by atoms with Gasteiger partial charge in [0.05, 0.1) is 17.6 Å². The number of ether oxygens (including phenoxy) is 1. The highest BCUT2D eigenvalue weighted by Gasteiger charge is 2.25. The average Bonchev–Trinajstić information content (AvgIpc) is 3.24. The summed E-state index contributed by atoms with van der Waals surface area (Å²) >= 11 is 0. The molecule has 8 nitrogen and oxygen atoms in total. The molecule has 0 radical (unpaired) electrons. The standard InChI is InChI=1S/C23H25N5O3.H2/c1-15-19(20-26-21(31-27-20)17-8-6-5-7-9-17)25-18(14-24-15)16-10-12-28(13-11-16)22(29)30-23(2,3)4;/h5-10,14H,11-13H2,1-4H3;1H. The monoisotopic (exact) mass is 421 g/mol. The molecule has 2 aromatic heterocycles. The van der Waals surface area contributed by atoms with E-state index in [1.807, 2.05) is 64.1 Å². The number of amides is 1. The average molecular weight is 422 g/mol. The van der Waals surface area contributed by atoms with Crippen LogP contribution in [0.15, 0.2) is 47.1 Å². The molecule has 0 bridgehead atoms. The molecule has 1 amide bonds. The second-order valence-corrected chi connectivity index (χ2v) is 8.38. The molecule has 0 N–H and O–H groups in total. The first-order valence-corrected chi connectivity index (χ1v) is 10.2. The number of nitrogens with zero attached hydrogens (tertiary/aromatic N) is 5. The van der Waals surface area contributed by atoms with E-state index < -0.39 is 5.60 Å². The number of aryl methyl sites for hydroxylation is 1. The highest BCUT2D eigenvalue weighted by Crippen LogP contribution is 2.26. The maximum Gasteiger partial charge on any atom is 0.410 e. The Kier molecular flexibility index (Phi) is 5.54. The summed E-state index contributed by atoms with van der Waals surface area (Å²) in [7, 11) is 0. The van der Waals surface area contributed by atoms with E-state index in [1.165, 1.54) is 0 Å². The summed E-state index contributed by atoms with van der Waals surface area (Å²) in [5, 5.41) is 4.10. The molecule has 3 heterocycles. The Morgan fingerprint density at radius 1 is 1.19 bits per heavy atom. The van der Waals surface area contributed by atoms with Crippen LogP contribution in [-0.2, 0) is 4.74 Å². The molecular weight excluding hydrogens is 394 g/mol. The fraction of sp³-hybridized carbons (Fsp3) is 0.348. The van der Waals surface area contributed by atoms with Crippen molar-refractivity contribution in [2.24, 2.45) is 0 Å². The first-order chi connectivity index (χ1) is 14.8. The van der Waals surface area contributed by atoms with Gasteiger partial charge in [-0.15, -0.1) is 0 Å². The second-order valence-electron chi connectivity index (χ2n) is 8.38. The van der Waals surface area contributed by atoms with Gasteiger partial charge in [0.1, 0.15) is 11.3 Å². The quantitative estimate of drug-likeness (QED) is 0.601. The van der Waals surface area contributed by atoms with Crippen LogP contribution in [0.5, 0.6) is 0 Å². The largest absolute Gasteiger partial charge is 0.444 e. The van der Waals surface area contributed by atoms with Crippen LogP contribution in [-0.4, -0.2) is 49.8 Å². The Morgan fingerprint density at radius 2 is 1.97 bits per heavy atom. The van der Waals surface area contributed by atoms with E-state index in [1.54, 1.807) is 11.1 Å². The molecule has 3 aromatic rings. The molecule has 0 aliphatic carbocycles. The number of benzene rings is 1. The SMILES string of the molecule is Cc1ncc(C2=CCN(C(=O)OC(C)(C)C)CC2)nc1-c1noc(-c2ccccc2)n1.[HH]. The Hall–Kier alpha value is -3.55. The Labute approximate surface area is 182 Å². The molecule has 8 heteroatoms. The van der Waals surface area contributed by atoms with Gasteiger partial charge < -0.3 is 14.2 Å². The molecule has 1 aliphatic heterocycles. The minimum atomic E-state index is -0.512. The van der Waals surface area contributed by atoms with Crippen LogP contribution in [0.1, 0.15) is 40.0 Å². The van der Waals surface area contributed by atoms with Crippen molar-refractivity contribution in [2.75, 3.05) is 13.1 Å². The van der Waals surface area contributed by atoms with Crippen LogP contribution >= 0.6 is 0 Å². The summed E-state index contributed by atoms with van der Waals surface area (Å²) in [6.07, 6.45) is 4.09. The molecule has 1 aliphatic rings. The van der Waals surface area contributed by atoms with Gasteiger partial charge in [0.25, 0.3) is 5.89 Å². The number of hydrogen-bond acceptors (Lipinski definition) is 7. The third-order valence-corrected chi connectivity index (χ3v) is 4.80. The fourth-order valence-corrected chi connectivity index (χ4v) is 3.23. The van der Waals surface area contributed by atoms with Gasteiger partial charge in [0, 0.05) is 20.1 Å². The van der Waals surface area contributed by atoms with E-state index in [-0.39, 0.29) is 7.52 Å². The van der Waals surface area contributed by atoms with E-state index in [4.69, 9.17) is 14.2 Å². The zero-order chi connectivity index (χ0) is 22.0. The lowest BCUT2D eigenvalue weighted by molar-refractivity contribution is 0.0270. The van der Waals surface area contributed by atoms with Crippen LogP contribution in [0.3, 0.4) is 0 Å². The molecule has 0 fully saturated rings. The molecule has 1 aromatic carbocycles. The van der Waals surface area contributed by atoms with Crippen LogP contribution < -0.4 is 0 Å². The highest BCUT2D eigenvalue weighted by molar-refractivity contribution is 5.72. The van der Waals surface area contributed by atoms with Gasteiger partial charge in [-0.25, -0.2) is 9.78 Å². The minimum absolute atomic E-state index is 0. The molecule has 162 valence electrons. The van der Waals surface area contributed by atoms with E-state index >= 15 is 0 Å². The molecule has 4 rings (SSSR count). The number of carbonyl (C=O) groups excluding carboxylic acids is 1. The molecule has 0 spiro atoms. The lowest BCUT2D eigenvalue weighted by Crippen LogP contribution is -2.39. The Morgan fingerprint density at radius 3 is 2.65 bits per heavy atom. The summed E-state index contributed by atoms with van der Waals surface area (Å²) in [5.74, 6) is 0.838. The third-order valence-electron chi connectivity index (χ3n) is 4.80. The van der Waals surface area contributed by atoms with Crippen molar-refractivity contribution in [1.82, 2.24) is 25.0 Å². The van der Waals surface area contributed by atoms with Crippen LogP contribution in [0.2, 0.25) is 0 Å². The van der Waals surface area contributed by atoms with Crippen molar-refractivity contribution in [3.05, 3.63) is 54.0 Å². The van der Waals surface area contributed by atoms with Crippen molar-refractivity contribution in [2.45, 2.75) is 39.7 Å². The molecule has 31 heavy (non-hydrogen) atoms. The van der Waals surface area contributed by atoms with Gasteiger partial charge in [0.2, 0.25) is 5.82 Å². The van der Waals surface area contributed by atoms with Gasteiger partial charge >= 0.3 is 6.09 Å². The van der Waals surface area contributed by atoms with Gasteiger partial charge in [-0.3, -0.25) is 4.98 Å². The van der Waals surface area contributed by atoms with Gasteiger partial charge in [-0.05, 0) is 51.8 Å². The second kappa shape index (κ2) is 8.29. The van der Waals surface area contributed by atoms with Crippen molar-refractivity contribution in [3.63, 3.8) is 0 Å². The summed E-state index contributed by atoms with van der Waals surface area (Å²) in [6.45, 7) is 8.48. The fourth-order valence-electron chi connectivity index (χ4n) is 3.23. The van der Waals surface area contributed by atoms with Gasteiger partial charge in [0.15, 0.2) is 0 Å². The first kappa shape index (κ1) is 20.7. The minimum Gasteiger partial charge on any atom is -0.444 e. The van der Waals surface area contributed by atoms with E-state index in [2.05, 4.69) is 15.1 Å². The van der Waals surface area contributed by atoms with Crippen molar-refractivity contribution in [3.8, 4) is 23.0 Å². The number of aromatic nitrogens is 4. The summed E-state index contributed by atoms with van der Waals surface area (Å²) in [4.78, 5) is 27.7. The molecule has 0 saturated heterocycles. The topological polar surface area (TPSA) is 94.2 Å². The number of rotatable bonds is 3. The molecule has 0 saturated carbocycles. The van der Waals surface area contributed by atoms with Crippen molar-refractivity contribution < 1.29 is 15.5 Å². The van der Waals surface area contributed by atoms with Crippen molar-refractivity contribution >= 4 is 11.7 Å². The first-order valence-electron chi connectivity index (χ1n) is 10.2. The van der Waals surface area contributed by atoms with Crippen LogP contribution in [0.4, 0.5) is 4.79 Å². The van der Waals surface area contributed by atoms with E-state index in [0.717, 1.165) is 22.5 Å². The van der Waals surface area contributed by atoms with Crippen LogP contribution in [0, 0.1) is 6.92 Å². The smallest absolute Gasteiger partial charge is 0.410 e. The molecular formula is C23H27N5O3. The van der Waals surface area contributed by atoms with Gasteiger partial charge in [-0.1, -0.05) is 29.4 Å². The number of carbonyl (C=O) groups is 1. The predicted octanol–water partition coefficient (Wildman–Crippen LogP) is 4.77. The van der Waals surface area contributed by atoms with E-state index in [9.17, 15) is 4.79 Å². The normalized spacial score (nSPS) is 14.3. The lowest BCUT2D eigenvalue weighted by Gasteiger charge is -2.29. The predicted molar refractivity (Wildman–Crippen MR) is 118 cm³/mol. The molecule has 0 unspecified atom stereocenters.